The van der Waals surface area contributed by atoms with Crippen molar-refractivity contribution in [3.8, 4) is 0 Å². The molecule has 4 heteroatoms. The largest absolute Gasteiger partial charge is 0.348 e. The van der Waals surface area contributed by atoms with Crippen LogP contribution in [0.1, 0.15) is 38.5 Å². The molecule has 2 saturated heterocycles. The lowest BCUT2D eigenvalue weighted by atomic mass is 9.88. The van der Waals surface area contributed by atoms with Crippen LogP contribution in [0.15, 0.2) is 0 Å². The molecule has 0 aromatic carbocycles. The predicted octanol–water partition coefficient (Wildman–Crippen LogP) is 1.10. The molecule has 2 N–H and O–H groups in total. The molecule has 17 heavy (non-hydrogen) atoms. The molecule has 0 bridgehead atoms. The molecule has 4 nitrogen and oxygen atoms in total. The first-order valence-electron chi connectivity index (χ1n) is 7.05. The highest BCUT2D eigenvalue weighted by atomic mass is 16.7. The van der Waals surface area contributed by atoms with Crippen molar-refractivity contribution in [1.82, 2.24) is 4.90 Å². The quantitative estimate of drug-likeness (QED) is 0.745. The normalized spacial score (nSPS) is 35.5. The molecule has 0 aromatic heterocycles. The maximum Gasteiger partial charge on any atom is 0.168 e. The monoisotopic (exact) mass is 240 g/mol. The van der Waals surface area contributed by atoms with E-state index in [1.54, 1.807) is 0 Å². The molecule has 2 aliphatic heterocycles. The summed E-state index contributed by atoms with van der Waals surface area (Å²) in [6.45, 7) is 3.87. The topological polar surface area (TPSA) is 47.7 Å². The van der Waals surface area contributed by atoms with Gasteiger partial charge in [-0.05, 0) is 32.2 Å². The van der Waals surface area contributed by atoms with Gasteiger partial charge in [-0.25, -0.2) is 0 Å². The van der Waals surface area contributed by atoms with E-state index >= 15 is 0 Å². The minimum absolute atomic E-state index is 0.214. The molecule has 0 amide bonds. The van der Waals surface area contributed by atoms with Crippen LogP contribution >= 0.6 is 0 Å². The Hall–Kier alpha value is -0.160. The summed E-state index contributed by atoms with van der Waals surface area (Å²) in [5.41, 5.74) is 6.06. The molecule has 1 saturated carbocycles. The van der Waals surface area contributed by atoms with Crippen molar-refractivity contribution in [3.63, 3.8) is 0 Å². The number of piperidine rings is 1. The Kier molecular flexibility index (Phi) is 3.39. The van der Waals surface area contributed by atoms with Crippen molar-refractivity contribution >= 4 is 0 Å². The van der Waals surface area contributed by atoms with Crippen LogP contribution in [-0.4, -0.2) is 49.1 Å². The Bertz CT molecular complexity index is 256. The van der Waals surface area contributed by atoms with Crippen LogP contribution in [0.2, 0.25) is 0 Å². The molecular formula is C13H24N2O2. The summed E-state index contributed by atoms with van der Waals surface area (Å²) in [5.74, 6) is -0.214. The van der Waals surface area contributed by atoms with Crippen molar-refractivity contribution in [1.29, 1.82) is 0 Å². The van der Waals surface area contributed by atoms with Crippen molar-refractivity contribution < 1.29 is 9.47 Å². The SMILES string of the molecule is NC1CCCN(C2CCC3(CC2)OCCO3)C1. The first kappa shape index (κ1) is 11.9. The average Bonchev–Trinajstić information content (AvgIpc) is 2.79. The molecule has 1 aliphatic carbocycles. The van der Waals surface area contributed by atoms with E-state index in [-0.39, 0.29) is 5.79 Å². The van der Waals surface area contributed by atoms with E-state index in [0.29, 0.717) is 12.1 Å². The molecule has 3 fully saturated rings. The lowest BCUT2D eigenvalue weighted by Crippen LogP contribution is -2.50. The van der Waals surface area contributed by atoms with Crippen molar-refractivity contribution in [2.75, 3.05) is 26.3 Å². The smallest absolute Gasteiger partial charge is 0.168 e. The minimum Gasteiger partial charge on any atom is -0.348 e. The summed E-state index contributed by atoms with van der Waals surface area (Å²) in [4.78, 5) is 2.59. The van der Waals surface area contributed by atoms with Crippen molar-refractivity contribution in [3.05, 3.63) is 0 Å². The summed E-state index contributed by atoms with van der Waals surface area (Å²) >= 11 is 0. The predicted molar refractivity (Wildman–Crippen MR) is 65.7 cm³/mol. The van der Waals surface area contributed by atoms with E-state index in [9.17, 15) is 0 Å². The molecule has 0 radical (unpaired) electrons. The summed E-state index contributed by atoms with van der Waals surface area (Å²) in [6.07, 6.45) is 6.97. The minimum atomic E-state index is -0.214. The van der Waals surface area contributed by atoms with Crippen LogP contribution in [0.4, 0.5) is 0 Å². The van der Waals surface area contributed by atoms with Gasteiger partial charge in [0.1, 0.15) is 0 Å². The third-order valence-corrected chi connectivity index (χ3v) is 4.54. The first-order chi connectivity index (χ1) is 8.27. The van der Waals surface area contributed by atoms with Gasteiger partial charge in [-0.15, -0.1) is 0 Å². The van der Waals surface area contributed by atoms with Gasteiger partial charge in [0.2, 0.25) is 0 Å². The second kappa shape index (κ2) is 4.84. The van der Waals surface area contributed by atoms with E-state index in [0.717, 1.165) is 32.6 Å². The standard InChI is InChI=1S/C13H24N2O2/c14-11-2-1-7-15(10-11)12-3-5-13(6-4-12)16-8-9-17-13/h11-12H,1-10,14H2. The zero-order valence-electron chi connectivity index (χ0n) is 10.6. The maximum absolute atomic E-state index is 6.06. The van der Waals surface area contributed by atoms with E-state index in [4.69, 9.17) is 15.2 Å². The van der Waals surface area contributed by atoms with Crippen LogP contribution in [0.3, 0.4) is 0 Å². The third-order valence-electron chi connectivity index (χ3n) is 4.54. The number of nitrogens with zero attached hydrogens (tertiary/aromatic N) is 1. The number of hydrogen-bond donors (Lipinski definition) is 1. The lowest BCUT2D eigenvalue weighted by Gasteiger charge is -2.43. The van der Waals surface area contributed by atoms with Crippen LogP contribution in [0, 0.1) is 0 Å². The number of ether oxygens (including phenoxy) is 2. The van der Waals surface area contributed by atoms with Gasteiger partial charge in [-0.1, -0.05) is 0 Å². The summed E-state index contributed by atoms with van der Waals surface area (Å²) in [6, 6.07) is 1.10. The van der Waals surface area contributed by atoms with Crippen LogP contribution in [0.25, 0.3) is 0 Å². The van der Waals surface area contributed by atoms with Gasteiger partial charge in [0.05, 0.1) is 13.2 Å². The molecule has 1 atom stereocenters. The molecule has 98 valence electrons. The Labute approximate surface area is 103 Å². The fraction of sp³-hybridized carbons (Fsp3) is 1.00. The molecule has 3 rings (SSSR count). The van der Waals surface area contributed by atoms with Gasteiger partial charge in [0, 0.05) is 31.5 Å². The Balaban J connectivity index is 1.53. The lowest BCUT2D eigenvalue weighted by molar-refractivity contribution is -0.184. The second-order valence-corrected chi connectivity index (χ2v) is 5.74. The molecule has 1 spiro atoms. The van der Waals surface area contributed by atoms with Gasteiger partial charge in [-0.3, -0.25) is 4.90 Å². The summed E-state index contributed by atoms with van der Waals surface area (Å²) < 4.78 is 11.5. The van der Waals surface area contributed by atoms with E-state index in [2.05, 4.69) is 4.90 Å². The third kappa shape index (κ3) is 2.50. The molecular weight excluding hydrogens is 216 g/mol. The van der Waals surface area contributed by atoms with Crippen LogP contribution < -0.4 is 5.73 Å². The zero-order valence-corrected chi connectivity index (χ0v) is 10.6. The average molecular weight is 240 g/mol. The van der Waals surface area contributed by atoms with Gasteiger partial charge in [0.15, 0.2) is 5.79 Å². The van der Waals surface area contributed by atoms with Crippen molar-refractivity contribution in [2.24, 2.45) is 5.73 Å². The second-order valence-electron chi connectivity index (χ2n) is 5.74. The van der Waals surface area contributed by atoms with Crippen molar-refractivity contribution in [2.45, 2.75) is 56.4 Å². The Morgan fingerprint density at radius 2 is 1.76 bits per heavy atom. The highest BCUT2D eigenvalue weighted by molar-refractivity contribution is 4.89. The van der Waals surface area contributed by atoms with Gasteiger partial charge < -0.3 is 15.2 Å². The molecule has 1 unspecified atom stereocenters. The van der Waals surface area contributed by atoms with Crippen LogP contribution in [-0.2, 0) is 9.47 Å². The summed E-state index contributed by atoms with van der Waals surface area (Å²) in [5, 5.41) is 0. The number of likely N-dealkylation sites (tertiary alicyclic amines) is 1. The zero-order chi connectivity index (χ0) is 11.7. The van der Waals surface area contributed by atoms with Crippen LogP contribution in [0.5, 0.6) is 0 Å². The number of rotatable bonds is 1. The van der Waals surface area contributed by atoms with E-state index < -0.39 is 0 Å². The molecule has 0 aromatic rings. The first-order valence-corrected chi connectivity index (χ1v) is 7.05. The Morgan fingerprint density at radius 1 is 1.06 bits per heavy atom. The molecule has 3 aliphatic rings. The van der Waals surface area contributed by atoms with E-state index in [1.165, 1.54) is 32.2 Å². The highest BCUT2D eigenvalue weighted by Gasteiger charge is 2.41. The number of nitrogens with two attached hydrogens (primary N) is 1. The number of hydrogen-bond acceptors (Lipinski definition) is 4. The van der Waals surface area contributed by atoms with Gasteiger partial charge in [-0.2, -0.15) is 0 Å². The highest BCUT2D eigenvalue weighted by Crippen LogP contribution is 2.37. The maximum atomic E-state index is 6.06. The fourth-order valence-corrected chi connectivity index (χ4v) is 3.57. The van der Waals surface area contributed by atoms with Gasteiger partial charge in [0.25, 0.3) is 0 Å². The Morgan fingerprint density at radius 3 is 2.41 bits per heavy atom. The fourth-order valence-electron chi connectivity index (χ4n) is 3.57. The molecule has 2 heterocycles. The summed E-state index contributed by atoms with van der Waals surface area (Å²) in [7, 11) is 0. The van der Waals surface area contributed by atoms with E-state index in [1.807, 2.05) is 0 Å². The van der Waals surface area contributed by atoms with Gasteiger partial charge >= 0.3 is 0 Å².